The van der Waals surface area contributed by atoms with Crippen molar-refractivity contribution in [3.63, 3.8) is 0 Å². The molecule has 4 nitrogen and oxygen atoms in total. The maximum absolute atomic E-state index is 11.0. The van der Waals surface area contributed by atoms with E-state index in [0.717, 1.165) is 11.0 Å². The van der Waals surface area contributed by atoms with E-state index in [-0.39, 0.29) is 10.6 Å². The zero-order valence-electron chi connectivity index (χ0n) is 11.3. The molecule has 20 heavy (non-hydrogen) atoms. The van der Waals surface area contributed by atoms with Crippen LogP contribution in [0.3, 0.4) is 0 Å². The zero-order chi connectivity index (χ0) is 14.7. The van der Waals surface area contributed by atoms with E-state index in [1.54, 1.807) is 17.4 Å². The fraction of sp³-hybridized carbons (Fsp3) is 0.286. The van der Waals surface area contributed by atoms with Crippen LogP contribution in [0.4, 0.5) is 5.69 Å². The summed E-state index contributed by atoms with van der Waals surface area (Å²) >= 11 is 5.02. The molecule has 0 spiro atoms. The van der Waals surface area contributed by atoms with Gasteiger partial charge >= 0.3 is 0 Å². The number of thiophene rings is 1. The average molecular weight is 355 g/mol. The van der Waals surface area contributed by atoms with Crippen molar-refractivity contribution < 1.29 is 4.92 Å². The molecule has 0 amide bonds. The van der Waals surface area contributed by atoms with E-state index in [2.05, 4.69) is 41.2 Å². The van der Waals surface area contributed by atoms with Crippen molar-refractivity contribution in [2.24, 2.45) is 0 Å². The molecule has 106 valence electrons. The summed E-state index contributed by atoms with van der Waals surface area (Å²) in [5.74, 6) is 0. The summed E-state index contributed by atoms with van der Waals surface area (Å²) < 4.78 is 0.720. The molecule has 1 N–H and O–H groups in total. The van der Waals surface area contributed by atoms with Gasteiger partial charge in [-0.3, -0.25) is 10.1 Å². The van der Waals surface area contributed by atoms with Crippen LogP contribution in [0.1, 0.15) is 20.9 Å². The number of nitro benzene ring substituents is 1. The first-order chi connectivity index (χ1) is 9.47. The van der Waals surface area contributed by atoms with Crippen molar-refractivity contribution in [1.82, 2.24) is 5.32 Å². The smallest absolute Gasteiger partial charge is 0.275 e. The average Bonchev–Trinajstić information content (AvgIpc) is 2.70. The SMILES string of the molecule is Cc1cc(CNCc2ccc(Br)cc2[N+](=O)[O-])sc1C. The van der Waals surface area contributed by atoms with Gasteiger partial charge < -0.3 is 5.32 Å². The highest BCUT2D eigenvalue weighted by Crippen LogP contribution is 2.24. The lowest BCUT2D eigenvalue weighted by atomic mass is 10.2. The number of aryl methyl sites for hydroxylation is 2. The van der Waals surface area contributed by atoms with Gasteiger partial charge in [0, 0.05) is 38.9 Å². The topological polar surface area (TPSA) is 55.2 Å². The van der Waals surface area contributed by atoms with Crippen LogP contribution in [0.2, 0.25) is 0 Å². The monoisotopic (exact) mass is 354 g/mol. The Balaban J connectivity index is 2.02. The minimum atomic E-state index is -0.346. The molecule has 0 bridgehead atoms. The first-order valence-electron chi connectivity index (χ1n) is 6.17. The molecule has 0 aliphatic rings. The number of nitrogens with zero attached hydrogens (tertiary/aromatic N) is 1. The maximum atomic E-state index is 11.0. The van der Waals surface area contributed by atoms with Gasteiger partial charge in [0.05, 0.1) is 4.92 Å². The summed E-state index contributed by atoms with van der Waals surface area (Å²) in [6, 6.07) is 7.29. The van der Waals surface area contributed by atoms with E-state index in [0.29, 0.717) is 12.1 Å². The molecule has 2 aromatic rings. The van der Waals surface area contributed by atoms with Crippen LogP contribution < -0.4 is 5.32 Å². The van der Waals surface area contributed by atoms with E-state index in [4.69, 9.17) is 0 Å². The summed E-state index contributed by atoms with van der Waals surface area (Å²) in [6.45, 7) is 5.41. The lowest BCUT2D eigenvalue weighted by molar-refractivity contribution is -0.385. The Labute approximate surface area is 130 Å². The third kappa shape index (κ3) is 3.65. The van der Waals surface area contributed by atoms with Crippen molar-refractivity contribution in [3.8, 4) is 0 Å². The van der Waals surface area contributed by atoms with Gasteiger partial charge in [-0.2, -0.15) is 0 Å². The van der Waals surface area contributed by atoms with Crippen LogP contribution in [0, 0.1) is 24.0 Å². The number of hydrogen-bond donors (Lipinski definition) is 1. The molecule has 0 aliphatic carbocycles. The first kappa shape index (κ1) is 15.2. The van der Waals surface area contributed by atoms with Gasteiger partial charge in [0.15, 0.2) is 0 Å². The lowest BCUT2D eigenvalue weighted by Crippen LogP contribution is -2.13. The number of nitro groups is 1. The Kier molecular flexibility index (Phi) is 4.91. The Bertz CT molecular complexity index is 621. The number of hydrogen-bond acceptors (Lipinski definition) is 4. The minimum absolute atomic E-state index is 0.144. The second kappa shape index (κ2) is 6.47. The van der Waals surface area contributed by atoms with Crippen molar-refractivity contribution in [1.29, 1.82) is 0 Å². The Morgan fingerprint density at radius 2 is 2.05 bits per heavy atom. The van der Waals surface area contributed by atoms with Crippen LogP contribution in [0.15, 0.2) is 28.7 Å². The summed E-state index contributed by atoms with van der Waals surface area (Å²) in [6.07, 6.45) is 0. The van der Waals surface area contributed by atoms with E-state index >= 15 is 0 Å². The molecule has 0 saturated carbocycles. The minimum Gasteiger partial charge on any atom is -0.308 e. The third-order valence-electron chi connectivity index (χ3n) is 3.08. The molecule has 0 radical (unpaired) electrons. The van der Waals surface area contributed by atoms with Gasteiger partial charge in [0.25, 0.3) is 5.69 Å². The molecular formula is C14H15BrN2O2S. The van der Waals surface area contributed by atoms with Crippen LogP contribution in [0.25, 0.3) is 0 Å². The fourth-order valence-electron chi connectivity index (χ4n) is 1.91. The highest BCUT2D eigenvalue weighted by atomic mass is 79.9. The van der Waals surface area contributed by atoms with Gasteiger partial charge in [-0.15, -0.1) is 11.3 Å². The van der Waals surface area contributed by atoms with Crippen molar-refractivity contribution in [2.75, 3.05) is 0 Å². The zero-order valence-corrected chi connectivity index (χ0v) is 13.7. The highest BCUT2D eigenvalue weighted by molar-refractivity contribution is 9.10. The van der Waals surface area contributed by atoms with E-state index < -0.39 is 0 Å². The number of benzene rings is 1. The van der Waals surface area contributed by atoms with E-state index in [9.17, 15) is 10.1 Å². The normalized spacial score (nSPS) is 10.8. The lowest BCUT2D eigenvalue weighted by Gasteiger charge is -2.05. The summed E-state index contributed by atoms with van der Waals surface area (Å²) in [5.41, 5.74) is 2.13. The van der Waals surface area contributed by atoms with Crippen molar-refractivity contribution >= 4 is 33.0 Å². The molecule has 1 heterocycles. The molecular weight excluding hydrogens is 340 g/mol. The van der Waals surface area contributed by atoms with Crippen LogP contribution in [0.5, 0.6) is 0 Å². The Morgan fingerprint density at radius 3 is 2.65 bits per heavy atom. The largest absolute Gasteiger partial charge is 0.308 e. The number of nitrogens with one attached hydrogen (secondary N) is 1. The molecule has 2 rings (SSSR count). The number of halogens is 1. The molecule has 1 aromatic carbocycles. The first-order valence-corrected chi connectivity index (χ1v) is 7.78. The molecule has 0 unspecified atom stereocenters. The molecule has 0 aliphatic heterocycles. The Morgan fingerprint density at radius 1 is 1.30 bits per heavy atom. The molecule has 0 saturated heterocycles. The van der Waals surface area contributed by atoms with Gasteiger partial charge in [0.1, 0.15) is 0 Å². The summed E-state index contributed by atoms with van der Waals surface area (Å²) in [7, 11) is 0. The fourth-order valence-corrected chi connectivity index (χ4v) is 3.29. The second-order valence-electron chi connectivity index (χ2n) is 4.59. The molecule has 6 heteroatoms. The third-order valence-corrected chi connectivity index (χ3v) is 4.72. The van der Waals surface area contributed by atoms with Crippen LogP contribution >= 0.6 is 27.3 Å². The second-order valence-corrected chi connectivity index (χ2v) is 6.84. The van der Waals surface area contributed by atoms with Crippen molar-refractivity contribution in [2.45, 2.75) is 26.9 Å². The van der Waals surface area contributed by atoms with Gasteiger partial charge in [-0.05, 0) is 37.6 Å². The maximum Gasteiger partial charge on any atom is 0.275 e. The van der Waals surface area contributed by atoms with Crippen molar-refractivity contribution in [3.05, 3.63) is 59.7 Å². The summed E-state index contributed by atoms with van der Waals surface area (Å²) in [5, 5.41) is 14.3. The van der Waals surface area contributed by atoms with Gasteiger partial charge in [0.2, 0.25) is 0 Å². The Hall–Kier alpha value is -1.24. The quantitative estimate of drug-likeness (QED) is 0.642. The van der Waals surface area contributed by atoms with Crippen LogP contribution in [-0.2, 0) is 13.1 Å². The summed E-state index contributed by atoms with van der Waals surface area (Å²) in [4.78, 5) is 13.2. The predicted octanol–water partition coefficient (Wildman–Crippen LogP) is 4.33. The predicted molar refractivity (Wildman–Crippen MR) is 85.1 cm³/mol. The van der Waals surface area contributed by atoms with E-state index in [1.165, 1.54) is 21.4 Å². The standard InChI is InChI=1S/C14H15BrN2O2S/c1-9-5-13(20-10(9)2)8-16-7-11-3-4-12(15)6-14(11)17(18)19/h3-6,16H,7-8H2,1-2H3. The molecule has 1 aromatic heterocycles. The van der Waals surface area contributed by atoms with Gasteiger partial charge in [-0.1, -0.05) is 15.9 Å². The number of rotatable bonds is 5. The van der Waals surface area contributed by atoms with Crippen LogP contribution in [-0.4, -0.2) is 4.92 Å². The van der Waals surface area contributed by atoms with E-state index in [1.807, 2.05) is 6.07 Å². The van der Waals surface area contributed by atoms with Gasteiger partial charge in [-0.25, -0.2) is 0 Å². The highest BCUT2D eigenvalue weighted by Gasteiger charge is 2.13. The molecule has 0 fully saturated rings. The molecule has 0 atom stereocenters.